The molecule has 9 heavy (non-hydrogen) atoms. The van der Waals surface area contributed by atoms with Crippen LogP contribution in [0.15, 0.2) is 0 Å². The van der Waals surface area contributed by atoms with Gasteiger partial charge in [0.25, 0.3) is 0 Å². The van der Waals surface area contributed by atoms with E-state index in [0.717, 1.165) is 26.4 Å². The molecule has 0 unspecified atom stereocenters. The number of rotatable bonds is 0. The second-order valence-electron chi connectivity index (χ2n) is 1.22. The number of ether oxygens (including phenoxy) is 2. The third-order valence-corrected chi connectivity index (χ3v) is 0.744. The van der Waals surface area contributed by atoms with Gasteiger partial charge in [0.2, 0.25) is 0 Å². The number of halogens is 3. The molecule has 0 bridgehead atoms. The van der Waals surface area contributed by atoms with Crippen LogP contribution in [0.5, 0.6) is 0 Å². The third-order valence-electron chi connectivity index (χ3n) is 0.744. The Balaban J connectivity index is -0.000000120. The Morgan fingerprint density at radius 3 is 0.889 bits per heavy atom. The molecule has 2 nitrogen and oxygen atoms in total. The lowest BCUT2D eigenvalue weighted by Gasteiger charge is -2.09. The molecule has 1 fully saturated rings. The van der Waals surface area contributed by atoms with Crippen molar-refractivity contribution >= 4 is 37.2 Å². The van der Waals surface area contributed by atoms with E-state index in [2.05, 4.69) is 0 Å². The maximum Gasteiger partial charge on any atom is 0.0701 e. The predicted octanol–water partition coefficient (Wildman–Crippen LogP) is 1.30. The summed E-state index contributed by atoms with van der Waals surface area (Å²) < 4.78 is 9.89. The average Bonchev–Trinajstić information content (AvgIpc) is 1.72. The largest absolute Gasteiger partial charge is 0.377 e. The van der Waals surface area contributed by atoms with Gasteiger partial charge in [-0.3, -0.25) is 0 Å². The van der Waals surface area contributed by atoms with Crippen LogP contribution in [0.25, 0.3) is 0 Å². The lowest BCUT2D eigenvalue weighted by Crippen LogP contribution is -2.16. The first kappa shape index (κ1) is 16.4. The molecule has 0 atom stereocenters. The topological polar surface area (TPSA) is 18.5 Å². The Kier molecular flexibility index (Phi) is 21.1. The van der Waals surface area contributed by atoms with Crippen molar-refractivity contribution in [3.63, 3.8) is 0 Å². The van der Waals surface area contributed by atoms with E-state index < -0.39 is 0 Å². The van der Waals surface area contributed by atoms with Crippen LogP contribution in [0, 0.1) is 0 Å². The van der Waals surface area contributed by atoms with Crippen molar-refractivity contribution in [2.75, 3.05) is 26.4 Å². The minimum absolute atomic E-state index is 0. The van der Waals surface area contributed by atoms with E-state index in [-0.39, 0.29) is 37.2 Å². The molecule has 1 aliphatic heterocycles. The van der Waals surface area contributed by atoms with Gasteiger partial charge in [-0.1, -0.05) is 0 Å². The summed E-state index contributed by atoms with van der Waals surface area (Å²) in [5.74, 6) is 0. The molecule has 1 rings (SSSR count). The normalized spacial score (nSPS) is 16.0. The smallest absolute Gasteiger partial charge is 0.0701 e. The van der Waals surface area contributed by atoms with E-state index >= 15 is 0 Å². The molecule has 0 N–H and O–H groups in total. The van der Waals surface area contributed by atoms with Gasteiger partial charge in [-0.15, -0.1) is 37.2 Å². The van der Waals surface area contributed by atoms with Gasteiger partial charge in [0.05, 0.1) is 26.4 Å². The van der Waals surface area contributed by atoms with Crippen LogP contribution in [-0.2, 0) is 9.47 Å². The highest BCUT2D eigenvalue weighted by Crippen LogP contribution is 1.85. The van der Waals surface area contributed by atoms with Crippen molar-refractivity contribution in [3.8, 4) is 0 Å². The van der Waals surface area contributed by atoms with Gasteiger partial charge in [0.15, 0.2) is 0 Å². The maximum absolute atomic E-state index is 4.94. The Morgan fingerprint density at radius 1 is 0.556 bits per heavy atom. The fourth-order valence-corrected chi connectivity index (χ4v) is 0.440. The zero-order valence-electron chi connectivity index (χ0n) is 4.87. The fraction of sp³-hybridized carbons (Fsp3) is 1.00. The molecule has 0 amide bonds. The number of hydrogen-bond acceptors (Lipinski definition) is 2. The van der Waals surface area contributed by atoms with Crippen molar-refractivity contribution in [3.05, 3.63) is 0 Å². The van der Waals surface area contributed by atoms with Gasteiger partial charge < -0.3 is 9.47 Å². The summed E-state index contributed by atoms with van der Waals surface area (Å²) in [7, 11) is 0. The summed E-state index contributed by atoms with van der Waals surface area (Å²) in [6, 6.07) is 0. The van der Waals surface area contributed by atoms with E-state index in [0.29, 0.717) is 0 Å². The van der Waals surface area contributed by atoms with Crippen molar-refractivity contribution in [1.29, 1.82) is 0 Å². The summed E-state index contributed by atoms with van der Waals surface area (Å²) in [6.07, 6.45) is 0. The van der Waals surface area contributed by atoms with E-state index in [1.165, 1.54) is 0 Å². The second-order valence-corrected chi connectivity index (χ2v) is 1.22. The molecular weight excluding hydrogens is 186 g/mol. The minimum atomic E-state index is 0. The molecule has 0 aromatic carbocycles. The van der Waals surface area contributed by atoms with Gasteiger partial charge in [0.1, 0.15) is 0 Å². The molecule has 0 aliphatic carbocycles. The molecule has 1 saturated heterocycles. The first-order chi connectivity index (χ1) is 3.00. The zero-order chi connectivity index (χ0) is 4.24. The fourth-order valence-electron chi connectivity index (χ4n) is 0.440. The molecule has 1 aliphatic rings. The molecule has 5 heteroatoms. The van der Waals surface area contributed by atoms with Crippen LogP contribution >= 0.6 is 37.2 Å². The van der Waals surface area contributed by atoms with Crippen LogP contribution in [0.2, 0.25) is 0 Å². The van der Waals surface area contributed by atoms with Crippen LogP contribution in [0.1, 0.15) is 0 Å². The highest BCUT2D eigenvalue weighted by molar-refractivity contribution is 5.86. The van der Waals surface area contributed by atoms with Crippen LogP contribution in [0.4, 0.5) is 0 Å². The monoisotopic (exact) mass is 196 g/mol. The predicted molar refractivity (Wildman–Crippen MR) is 43.4 cm³/mol. The molecule has 60 valence electrons. The molecule has 0 aromatic heterocycles. The quantitative estimate of drug-likeness (QED) is 0.583. The van der Waals surface area contributed by atoms with Gasteiger partial charge in [-0.05, 0) is 0 Å². The van der Waals surface area contributed by atoms with Gasteiger partial charge >= 0.3 is 0 Å². The average molecular weight is 197 g/mol. The first-order valence-electron chi connectivity index (χ1n) is 2.15. The summed E-state index contributed by atoms with van der Waals surface area (Å²) >= 11 is 0. The van der Waals surface area contributed by atoms with E-state index in [1.54, 1.807) is 0 Å². The van der Waals surface area contributed by atoms with Gasteiger partial charge in [0, 0.05) is 0 Å². The standard InChI is InChI=1S/C4H8O2.3ClH/c1-2-6-4-3-5-1;;;/h1-4H2;3*1H. The van der Waals surface area contributed by atoms with Gasteiger partial charge in [-0.25, -0.2) is 0 Å². The summed E-state index contributed by atoms with van der Waals surface area (Å²) in [5, 5.41) is 0. The summed E-state index contributed by atoms with van der Waals surface area (Å²) in [6.45, 7) is 3.11. The Labute approximate surface area is 73.5 Å². The van der Waals surface area contributed by atoms with Crippen molar-refractivity contribution < 1.29 is 9.47 Å². The zero-order valence-corrected chi connectivity index (χ0v) is 7.32. The lowest BCUT2D eigenvalue weighted by atomic mass is 10.6. The van der Waals surface area contributed by atoms with Crippen LogP contribution in [-0.4, -0.2) is 26.4 Å². The Morgan fingerprint density at radius 2 is 0.778 bits per heavy atom. The van der Waals surface area contributed by atoms with Crippen LogP contribution < -0.4 is 0 Å². The lowest BCUT2D eigenvalue weighted by molar-refractivity contribution is -0.0334. The number of hydrogen-bond donors (Lipinski definition) is 0. The molecule has 0 radical (unpaired) electrons. The molecule has 1 heterocycles. The van der Waals surface area contributed by atoms with Crippen molar-refractivity contribution in [2.24, 2.45) is 0 Å². The highest BCUT2D eigenvalue weighted by Gasteiger charge is 1.94. The van der Waals surface area contributed by atoms with Crippen molar-refractivity contribution in [2.45, 2.75) is 0 Å². The summed E-state index contributed by atoms with van der Waals surface area (Å²) in [5.41, 5.74) is 0. The Hall–Kier alpha value is 0.790. The first-order valence-corrected chi connectivity index (χ1v) is 2.15. The summed E-state index contributed by atoms with van der Waals surface area (Å²) in [4.78, 5) is 0. The molecule has 0 saturated carbocycles. The SMILES string of the molecule is C1COCCO1.Cl.Cl.Cl. The van der Waals surface area contributed by atoms with E-state index in [9.17, 15) is 0 Å². The van der Waals surface area contributed by atoms with E-state index in [1.807, 2.05) is 0 Å². The Bertz CT molecular complexity index is 29.3. The molecular formula is C4H11Cl3O2. The molecule has 0 aromatic rings. The minimum Gasteiger partial charge on any atom is -0.377 e. The third kappa shape index (κ3) is 8.79. The van der Waals surface area contributed by atoms with Crippen LogP contribution in [0.3, 0.4) is 0 Å². The van der Waals surface area contributed by atoms with Crippen molar-refractivity contribution in [1.82, 2.24) is 0 Å². The highest BCUT2D eigenvalue weighted by atomic mass is 35.5. The van der Waals surface area contributed by atoms with E-state index in [4.69, 9.17) is 9.47 Å². The molecule has 0 spiro atoms. The maximum atomic E-state index is 4.94. The van der Waals surface area contributed by atoms with Gasteiger partial charge in [-0.2, -0.15) is 0 Å². The second kappa shape index (κ2) is 11.6.